The fourth-order valence-electron chi connectivity index (χ4n) is 2.74. The number of hydrogen-bond acceptors (Lipinski definition) is 6. The minimum absolute atomic E-state index is 0.199. The molecule has 1 heterocycles. The Hall–Kier alpha value is -2.87. The zero-order valence-corrected chi connectivity index (χ0v) is 18.7. The highest BCUT2D eigenvalue weighted by atomic mass is 35.5. The molecule has 0 aliphatic rings. The van der Waals surface area contributed by atoms with Crippen LogP contribution in [0.4, 0.5) is 0 Å². The Labute approximate surface area is 193 Å². The van der Waals surface area contributed by atoms with Gasteiger partial charge >= 0.3 is 0 Å². The van der Waals surface area contributed by atoms with Crippen LogP contribution in [0.15, 0.2) is 82.2 Å². The van der Waals surface area contributed by atoms with E-state index in [2.05, 4.69) is 15.5 Å². The molecule has 0 saturated carbocycles. The number of thioether (sulfide) groups is 1. The molecule has 1 N–H and O–H groups in total. The third kappa shape index (κ3) is 5.85. The van der Waals surface area contributed by atoms with Crippen molar-refractivity contribution in [2.45, 2.75) is 10.9 Å². The number of aromatic nitrogens is 1. The van der Waals surface area contributed by atoms with Gasteiger partial charge in [-0.15, -0.1) is 11.3 Å². The monoisotopic (exact) mass is 467 g/mol. The number of nitrogens with zero attached hydrogens (tertiary/aromatic N) is 2. The molecule has 31 heavy (non-hydrogen) atoms. The third-order valence-corrected chi connectivity index (χ3v) is 6.80. The van der Waals surface area contributed by atoms with Gasteiger partial charge in [-0.25, -0.2) is 10.4 Å². The summed E-state index contributed by atoms with van der Waals surface area (Å²) in [5.74, 6) is 0.696. The van der Waals surface area contributed by atoms with Crippen molar-refractivity contribution in [1.29, 1.82) is 0 Å². The predicted octanol–water partition coefficient (Wildman–Crippen LogP) is 5.77. The number of benzene rings is 3. The molecule has 0 aliphatic heterocycles. The summed E-state index contributed by atoms with van der Waals surface area (Å²) in [6, 6.07) is 22.9. The van der Waals surface area contributed by atoms with Crippen molar-refractivity contribution in [1.82, 2.24) is 10.4 Å². The normalized spacial score (nSPS) is 11.1. The Kier molecular flexibility index (Phi) is 7.19. The summed E-state index contributed by atoms with van der Waals surface area (Å²) >= 11 is 9.16. The number of ether oxygens (including phenoxy) is 1. The van der Waals surface area contributed by atoms with Crippen molar-refractivity contribution in [3.8, 4) is 5.75 Å². The largest absolute Gasteiger partial charge is 0.488 e. The Morgan fingerprint density at radius 1 is 1.10 bits per heavy atom. The lowest BCUT2D eigenvalue weighted by atomic mass is 10.2. The molecule has 0 fully saturated rings. The Bertz CT molecular complexity index is 1190. The molecule has 0 unspecified atom stereocenters. The molecule has 0 aliphatic carbocycles. The van der Waals surface area contributed by atoms with E-state index in [9.17, 15) is 4.79 Å². The average molecular weight is 468 g/mol. The molecule has 8 heteroatoms. The standard InChI is InChI=1S/C23H18ClN3O2S2/c24-18-9-3-1-8-17(18)14-29-20-11-5-2-7-16(20)13-25-27-22(28)15-30-23-26-19-10-4-6-12-21(19)31-23/h1-13H,14-15H2,(H,27,28)/b25-13+. The molecule has 5 nitrogen and oxygen atoms in total. The van der Waals surface area contributed by atoms with E-state index in [0.717, 1.165) is 25.7 Å². The molecule has 4 aromatic rings. The van der Waals surface area contributed by atoms with Gasteiger partial charge in [0.1, 0.15) is 12.4 Å². The fourth-order valence-corrected chi connectivity index (χ4v) is 4.79. The molecule has 0 radical (unpaired) electrons. The minimum atomic E-state index is -0.199. The summed E-state index contributed by atoms with van der Waals surface area (Å²) in [7, 11) is 0. The SMILES string of the molecule is O=C(CSc1nc2ccccc2s1)N/N=C/c1ccccc1OCc1ccccc1Cl. The summed E-state index contributed by atoms with van der Waals surface area (Å²) in [5.41, 5.74) is 5.16. The highest BCUT2D eigenvalue weighted by Crippen LogP contribution is 2.29. The van der Waals surface area contributed by atoms with Crippen LogP contribution in [-0.2, 0) is 11.4 Å². The van der Waals surface area contributed by atoms with Gasteiger partial charge in [-0.1, -0.05) is 65.8 Å². The van der Waals surface area contributed by atoms with Crippen LogP contribution in [0.3, 0.4) is 0 Å². The lowest BCUT2D eigenvalue weighted by Gasteiger charge is -2.10. The van der Waals surface area contributed by atoms with E-state index in [1.54, 1.807) is 17.6 Å². The first-order valence-corrected chi connectivity index (χ1v) is 11.6. The quantitative estimate of drug-likeness (QED) is 0.203. The Balaban J connectivity index is 1.31. The maximum absolute atomic E-state index is 12.1. The van der Waals surface area contributed by atoms with Crippen molar-refractivity contribution >= 4 is 57.0 Å². The maximum atomic E-state index is 12.1. The van der Waals surface area contributed by atoms with Gasteiger partial charge in [-0.05, 0) is 30.3 Å². The number of para-hydroxylation sites is 2. The average Bonchev–Trinajstić information content (AvgIpc) is 3.21. The first-order chi connectivity index (χ1) is 15.2. The number of amides is 1. The van der Waals surface area contributed by atoms with Crippen molar-refractivity contribution in [2.75, 3.05) is 5.75 Å². The van der Waals surface area contributed by atoms with Gasteiger partial charge in [0.2, 0.25) is 0 Å². The van der Waals surface area contributed by atoms with Gasteiger partial charge < -0.3 is 4.74 Å². The van der Waals surface area contributed by atoms with Crippen molar-refractivity contribution in [3.63, 3.8) is 0 Å². The van der Waals surface area contributed by atoms with Crippen LogP contribution in [0.5, 0.6) is 5.75 Å². The van der Waals surface area contributed by atoms with Crippen LogP contribution < -0.4 is 10.2 Å². The number of fused-ring (bicyclic) bond motifs is 1. The summed E-state index contributed by atoms with van der Waals surface area (Å²) in [6.45, 7) is 0.343. The van der Waals surface area contributed by atoms with Crippen LogP contribution in [0.2, 0.25) is 5.02 Å². The number of hydrogen-bond donors (Lipinski definition) is 1. The summed E-state index contributed by atoms with van der Waals surface area (Å²) < 4.78 is 7.86. The van der Waals surface area contributed by atoms with Crippen LogP contribution in [-0.4, -0.2) is 22.9 Å². The third-order valence-electron chi connectivity index (χ3n) is 4.25. The molecule has 156 valence electrons. The first-order valence-electron chi connectivity index (χ1n) is 9.44. The molecule has 1 amide bonds. The lowest BCUT2D eigenvalue weighted by molar-refractivity contribution is -0.118. The number of thiazole rings is 1. The number of carbonyl (C=O) groups is 1. The number of carbonyl (C=O) groups excluding carboxylic acids is 1. The van der Waals surface area contributed by atoms with Crippen molar-refractivity contribution in [2.24, 2.45) is 5.10 Å². The molecule has 0 spiro atoms. The molecule has 0 atom stereocenters. The number of halogens is 1. The Morgan fingerprint density at radius 3 is 2.74 bits per heavy atom. The molecule has 4 rings (SSSR count). The van der Waals surface area contributed by atoms with Gasteiger partial charge in [0.05, 0.1) is 22.2 Å². The van der Waals surface area contributed by atoms with Gasteiger partial charge in [0.15, 0.2) is 4.34 Å². The van der Waals surface area contributed by atoms with E-state index in [4.69, 9.17) is 16.3 Å². The van der Waals surface area contributed by atoms with Gasteiger partial charge in [0, 0.05) is 16.1 Å². The molecule has 3 aromatic carbocycles. The van der Waals surface area contributed by atoms with E-state index in [-0.39, 0.29) is 11.7 Å². The molecule has 0 bridgehead atoms. The van der Waals surface area contributed by atoms with E-state index >= 15 is 0 Å². The highest BCUT2D eigenvalue weighted by Gasteiger charge is 2.08. The second-order valence-electron chi connectivity index (χ2n) is 6.45. The Morgan fingerprint density at radius 2 is 1.87 bits per heavy atom. The zero-order chi connectivity index (χ0) is 21.5. The number of nitrogens with one attached hydrogen (secondary N) is 1. The van der Waals surface area contributed by atoms with Crippen LogP contribution in [0, 0.1) is 0 Å². The zero-order valence-electron chi connectivity index (χ0n) is 16.3. The van der Waals surface area contributed by atoms with Crippen molar-refractivity contribution in [3.05, 3.63) is 88.9 Å². The summed E-state index contributed by atoms with van der Waals surface area (Å²) in [4.78, 5) is 16.7. The fraction of sp³-hybridized carbons (Fsp3) is 0.0870. The molecular weight excluding hydrogens is 450 g/mol. The number of rotatable bonds is 8. The highest BCUT2D eigenvalue weighted by molar-refractivity contribution is 8.01. The molecular formula is C23H18ClN3O2S2. The van der Waals surface area contributed by atoms with Crippen LogP contribution >= 0.6 is 34.7 Å². The van der Waals surface area contributed by atoms with E-state index < -0.39 is 0 Å². The predicted molar refractivity (Wildman–Crippen MR) is 128 cm³/mol. The molecule has 0 saturated heterocycles. The molecule has 1 aromatic heterocycles. The number of hydrazone groups is 1. The van der Waals surface area contributed by atoms with Crippen LogP contribution in [0.1, 0.15) is 11.1 Å². The van der Waals surface area contributed by atoms with Crippen molar-refractivity contribution < 1.29 is 9.53 Å². The minimum Gasteiger partial charge on any atom is -0.488 e. The van der Waals surface area contributed by atoms with E-state index in [1.165, 1.54) is 11.8 Å². The second kappa shape index (κ2) is 10.4. The summed E-state index contributed by atoms with van der Waals surface area (Å²) in [5, 5.41) is 4.73. The van der Waals surface area contributed by atoms with E-state index in [0.29, 0.717) is 17.4 Å². The first kappa shape index (κ1) is 21.4. The summed E-state index contributed by atoms with van der Waals surface area (Å²) in [6.07, 6.45) is 1.57. The van der Waals surface area contributed by atoms with E-state index in [1.807, 2.05) is 72.8 Å². The smallest absolute Gasteiger partial charge is 0.250 e. The van der Waals surface area contributed by atoms with Gasteiger partial charge in [-0.3, -0.25) is 4.79 Å². The lowest BCUT2D eigenvalue weighted by Crippen LogP contribution is -2.19. The second-order valence-corrected chi connectivity index (χ2v) is 9.11. The maximum Gasteiger partial charge on any atom is 0.250 e. The topological polar surface area (TPSA) is 63.6 Å². The van der Waals surface area contributed by atoms with Gasteiger partial charge in [0.25, 0.3) is 5.91 Å². The van der Waals surface area contributed by atoms with Gasteiger partial charge in [-0.2, -0.15) is 5.10 Å². The van der Waals surface area contributed by atoms with Crippen LogP contribution in [0.25, 0.3) is 10.2 Å².